The average molecular weight is 516 g/mol. The summed E-state index contributed by atoms with van der Waals surface area (Å²) in [6, 6.07) is 6.00. The minimum absolute atomic E-state index is 0. The number of amides is 1. The van der Waals surface area contributed by atoms with Crippen LogP contribution in [0.2, 0.25) is 0 Å². The van der Waals surface area contributed by atoms with Crippen molar-refractivity contribution in [1.29, 1.82) is 0 Å². The highest BCUT2D eigenvalue weighted by Crippen LogP contribution is 2.29. The lowest BCUT2D eigenvalue weighted by Gasteiger charge is -2.33. The monoisotopic (exact) mass is 516 g/mol. The van der Waals surface area contributed by atoms with Gasteiger partial charge in [0, 0.05) is 24.7 Å². The second-order valence-corrected chi connectivity index (χ2v) is 7.70. The van der Waals surface area contributed by atoms with Gasteiger partial charge in [0.15, 0.2) is 17.5 Å². The average Bonchev–Trinajstić information content (AvgIpc) is 3.24. The summed E-state index contributed by atoms with van der Waals surface area (Å²) in [7, 11) is 3.15. The maximum atomic E-state index is 12.8. The van der Waals surface area contributed by atoms with Crippen molar-refractivity contribution in [3.63, 3.8) is 0 Å². The first-order valence-corrected chi connectivity index (χ1v) is 9.87. The summed E-state index contributed by atoms with van der Waals surface area (Å²) in [5, 5.41) is 16.6. The zero-order chi connectivity index (χ0) is 19.7. The number of likely N-dealkylation sites (tertiary alicyclic amines) is 1. The van der Waals surface area contributed by atoms with Crippen molar-refractivity contribution < 1.29 is 19.4 Å². The molecule has 1 aliphatic carbocycles. The summed E-state index contributed by atoms with van der Waals surface area (Å²) in [5.41, 5.74) is 0.609. The molecule has 1 amide bonds. The highest BCUT2D eigenvalue weighted by atomic mass is 127. The van der Waals surface area contributed by atoms with Crippen LogP contribution in [0.25, 0.3) is 0 Å². The molecule has 2 fully saturated rings. The number of rotatable bonds is 4. The van der Waals surface area contributed by atoms with Crippen LogP contribution in [0.5, 0.6) is 11.5 Å². The molecule has 9 heteroatoms. The van der Waals surface area contributed by atoms with Crippen LogP contribution in [0.3, 0.4) is 0 Å². The molecular weight excluding hydrogens is 487 g/mol. The van der Waals surface area contributed by atoms with Gasteiger partial charge in [-0.1, -0.05) is 0 Å². The third-order valence-electron chi connectivity index (χ3n) is 5.87. The number of hydrogen-bond acceptors (Lipinski definition) is 7. The number of fused-ring (bicyclic) bond motifs is 1. The fourth-order valence-electron chi connectivity index (χ4n) is 4.32. The molecule has 0 radical (unpaired) electrons. The molecule has 3 aliphatic rings. The molecule has 1 saturated carbocycles. The number of piperidine rings is 1. The summed E-state index contributed by atoms with van der Waals surface area (Å²) in [4.78, 5) is 19.4. The topological polar surface area (TPSA) is 95.4 Å². The number of nitrogens with one attached hydrogen (secondary N) is 2. The molecule has 0 aromatic heterocycles. The SMILES string of the molecule is COc1ccc(C(=O)N2CCC(NC3=N[C@@H]4C[C@H](O)C[C@@H]4N3)CC2)cc1OC.I. The van der Waals surface area contributed by atoms with Crippen LogP contribution >= 0.6 is 24.0 Å². The van der Waals surface area contributed by atoms with Crippen molar-refractivity contribution in [1.82, 2.24) is 15.5 Å². The molecule has 1 saturated heterocycles. The van der Waals surface area contributed by atoms with Gasteiger partial charge < -0.3 is 30.1 Å². The summed E-state index contributed by atoms with van der Waals surface area (Å²) >= 11 is 0. The van der Waals surface area contributed by atoms with E-state index in [0.717, 1.165) is 31.6 Å². The number of hydrogen-bond donors (Lipinski definition) is 3. The minimum atomic E-state index is -0.237. The van der Waals surface area contributed by atoms with Crippen molar-refractivity contribution in [2.75, 3.05) is 27.3 Å². The Kier molecular flexibility index (Phi) is 7.10. The Bertz CT molecular complexity index is 767. The summed E-state index contributed by atoms with van der Waals surface area (Å²) in [5.74, 6) is 2.03. The predicted octanol–water partition coefficient (Wildman–Crippen LogP) is 1.37. The van der Waals surface area contributed by atoms with Crippen molar-refractivity contribution in [3.05, 3.63) is 23.8 Å². The number of halogens is 1. The van der Waals surface area contributed by atoms with Crippen molar-refractivity contribution >= 4 is 35.8 Å². The smallest absolute Gasteiger partial charge is 0.253 e. The first-order valence-electron chi connectivity index (χ1n) is 9.87. The summed E-state index contributed by atoms with van der Waals surface area (Å²) in [6.07, 6.45) is 3.01. The number of nitrogens with zero attached hydrogens (tertiary/aromatic N) is 2. The zero-order valence-corrected chi connectivity index (χ0v) is 19.1. The Labute approximate surface area is 188 Å². The Hall–Kier alpha value is -1.75. The van der Waals surface area contributed by atoms with Crippen LogP contribution in [0.4, 0.5) is 0 Å². The van der Waals surface area contributed by atoms with Crippen molar-refractivity contribution in [2.45, 2.75) is 49.9 Å². The number of aliphatic hydroxyl groups excluding tert-OH is 1. The first-order chi connectivity index (χ1) is 13.6. The molecule has 8 nitrogen and oxygen atoms in total. The molecule has 2 aliphatic heterocycles. The highest BCUT2D eigenvalue weighted by Gasteiger charge is 2.38. The number of carbonyl (C=O) groups excluding carboxylic acids is 1. The number of methoxy groups -OCH3 is 2. The number of guanidine groups is 1. The summed E-state index contributed by atoms with van der Waals surface area (Å²) in [6.45, 7) is 1.40. The maximum absolute atomic E-state index is 12.8. The molecule has 3 atom stereocenters. The van der Waals surface area contributed by atoms with Crippen LogP contribution in [-0.2, 0) is 0 Å². The van der Waals surface area contributed by atoms with Gasteiger partial charge in [-0.3, -0.25) is 4.79 Å². The Morgan fingerprint density at radius 1 is 1.21 bits per heavy atom. The molecular formula is C20H29IN4O4. The van der Waals surface area contributed by atoms with E-state index in [1.807, 2.05) is 4.90 Å². The third-order valence-corrected chi connectivity index (χ3v) is 5.87. The number of ether oxygens (including phenoxy) is 2. The number of carbonyl (C=O) groups is 1. The van der Waals surface area contributed by atoms with Gasteiger partial charge in [0.25, 0.3) is 5.91 Å². The Morgan fingerprint density at radius 2 is 1.93 bits per heavy atom. The van der Waals surface area contributed by atoms with E-state index in [0.29, 0.717) is 36.2 Å². The molecule has 0 unspecified atom stereocenters. The van der Waals surface area contributed by atoms with Crippen LogP contribution in [-0.4, -0.2) is 73.4 Å². The van der Waals surface area contributed by atoms with Crippen molar-refractivity contribution in [3.8, 4) is 11.5 Å². The lowest BCUT2D eigenvalue weighted by Crippen LogP contribution is -2.49. The minimum Gasteiger partial charge on any atom is -0.493 e. The lowest BCUT2D eigenvalue weighted by molar-refractivity contribution is 0.0709. The molecule has 4 rings (SSSR count). The summed E-state index contributed by atoms with van der Waals surface area (Å²) < 4.78 is 10.5. The van der Waals surface area contributed by atoms with E-state index >= 15 is 0 Å². The molecule has 160 valence electrons. The van der Waals surface area contributed by atoms with Gasteiger partial charge in [0.1, 0.15) is 0 Å². The molecule has 2 heterocycles. The molecule has 3 N–H and O–H groups in total. The van der Waals surface area contributed by atoms with Crippen molar-refractivity contribution in [2.24, 2.45) is 4.99 Å². The van der Waals surface area contributed by atoms with Gasteiger partial charge in [-0.15, -0.1) is 24.0 Å². The number of aliphatic hydroxyl groups is 1. The fraction of sp³-hybridized carbons (Fsp3) is 0.600. The van der Waals surface area contributed by atoms with Gasteiger partial charge in [-0.25, -0.2) is 4.99 Å². The third kappa shape index (κ3) is 4.71. The second-order valence-electron chi connectivity index (χ2n) is 7.70. The normalized spacial score (nSPS) is 26.1. The zero-order valence-electron chi connectivity index (χ0n) is 16.8. The quantitative estimate of drug-likeness (QED) is 0.524. The van der Waals surface area contributed by atoms with E-state index in [1.165, 1.54) is 0 Å². The maximum Gasteiger partial charge on any atom is 0.253 e. The number of aliphatic imine (C=N–C) groups is 1. The predicted molar refractivity (Wildman–Crippen MR) is 120 cm³/mol. The molecule has 1 aromatic carbocycles. The van der Waals surface area contributed by atoms with E-state index < -0.39 is 0 Å². The van der Waals surface area contributed by atoms with E-state index in [9.17, 15) is 9.90 Å². The van der Waals surface area contributed by atoms with Crippen LogP contribution in [0.1, 0.15) is 36.0 Å². The van der Waals surface area contributed by atoms with Gasteiger partial charge in [-0.05, 0) is 43.9 Å². The Morgan fingerprint density at radius 3 is 2.59 bits per heavy atom. The standard InChI is InChI=1S/C20H28N4O4.HI/c1-27-17-4-3-12(9-18(17)28-2)19(26)24-7-5-13(6-8-24)21-20-22-15-10-14(25)11-16(15)23-20;/h3-4,9,13-16,25H,5-8,10-11H2,1-2H3,(H2,21,22,23);1H/t14-,15+,16-;. The van der Waals surface area contributed by atoms with Gasteiger partial charge in [0.05, 0.1) is 32.4 Å². The van der Waals surface area contributed by atoms with Crippen LogP contribution in [0, 0.1) is 0 Å². The molecule has 0 bridgehead atoms. The van der Waals surface area contributed by atoms with Crippen LogP contribution < -0.4 is 20.1 Å². The van der Waals surface area contributed by atoms with Gasteiger partial charge >= 0.3 is 0 Å². The van der Waals surface area contributed by atoms with E-state index in [2.05, 4.69) is 15.6 Å². The Balaban J connectivity index is 0.00000240. The van der Waals surface area contributed by atoms with E-state index in [4.69, 9.17) is 9.47 Å². The molecule has 1 aromatic rings. The molecule has 0 spiro atoms. The van der Waals surface area contributed by atoms with E-state index in [-0.39, 0.29) is 48.1 Å². The number of benzene rings is 1. The van der Waals surface area contributed by atoms with Crippen LogP contribution in [0.15, 0.2) is 23.2 Å². The van der Waals surface area contributed by atoms with E-state index in [1.54, 1.807) is 32.4 Å². The largest absolute Gasteiger partial charge is 0.493 e. The van der Waals surface area contributed by atoms with Gasteiger partial charge in [0.2, 0.25) is 0 Å². The second kappa shape index (κ2) is 9.38. The first kappa shape index (κ1) is 21.9. The lowest BCUT2D eigenvalue weighted by atomic mass is 10.0. The molecule has 29 heavy (non-hydrogen) atoms. The fourth-order valence-corrected chi connectivity index (χ4v) is 4.32. The van der Waals surface area contributed by atoms with Gasteiger partial charge in [-0.2, -0.15) is 0 Å². The highest BCUT2D eigenvalue weighted by molar-refractivity contribution is 14.0.